The maximum atomic E-state index is 5.79. The van der Waals surface area contributed by atoms with Crippen LogP contribution in [0.15, 0.2) is 12.1 Å². The van der Waals surface area contributed by atoms with Crippen molar-refractivity contribution in [1.29, 1.82) is 0 Å². The molecular weight excluding hydrogens is 228 g/mol. The second kappa shape index (κ2) is 5.91. The Kier molecular flexibility index (Phi) is 4.25. The number of rotatable bonds is 5. The third-order valence-electron chi connectivity index (χ3n) is 3.23. The number of nitrogens with zero attached hydrogens (tertiary/aromatic N) is 2. The van der Waals surface area contributed by atoms with Gasteiger partial charge >= 0.3 is 0 Å². The summed E-state index contributed by atoms with van der Waals surface area (Å²) >= 11 is 0. The number of ether oxygens (including phenoxy) is 1. The normalized spacial score (nSPS) is 20.0. The van der Waals surface area contributed by atoms with E-state index in [0.717, 1.165) is 18.9 Å². The predicted molar refractivity (Wildman–Crippen MR) is 73.9 cm³/mol. The summed E-state index contributed by atoms with van der Waals surface area (Å²) in [5.41, 5.74) is 6.38. The Hall–Kier alpha value is -1.49. The molecule has 0 spiro atoms. The fourth-order valence-electron chi connectivity index (χ4n) is 2.24. The van der Waals surface area contributed by atoms with Gasteiger partial charge in [0.15, 0.2) is 0 Å². The number of nitrogens with two attached hydrogens (primary N) is 1. The van der Waals surface area contributed by atoms with Gasteiger partial charge in [-0.15, -0.1) is 0 Å². The first-order valence-electron chi connectivity index (χ1n) is 6.50. The molecule has 1 fully saturated rings. The lowest BCUT2D eigenvalue weighted by Gasteiger charge is -2.13. The van der Waals surface area contributed by atoms with E-state index in [4.69, 9.17) is 10.5 Å². The highest BCUT2D eigenvalue weighted by molar-refractivity contribution is 5.53. The minimum absolute atomic E-state index is 0.519. The van der Waals surface area contributed by atoms with E-state index in [1.807, 2.05) is 19.1 Å². The van der Waals surface area contributed by atoms with E-state index in [1.165, 1.54) is 13.0 Å². The summed E-state index contributed by atoms with van der Waals surface area (Å²) in [6.45, 7) is 5.79. The van der Waals surface area contributed by atoms with Crippen LogP contribution >= 0.6 is 0 Å². The summed E-state index contributed by atoms with van der Waals surface area (Å²) in [6, 6.07) is 3.73. The average Bonchev–Trinajstić information content (AvgIpc) is 2.76. The molecule has 1 aromatic rings. The summed E-state index contributed by atoms with van der Waals surface area (Å²) < 4.78 is 5.38. The molecule has 2 heterocycles. The largest absolute Gasteiger partial charge is 0.476 e. The van der Waals surface area contributed by atoms with Gasteiger partial charge in [0.05, 0.1) is 12.3 Å². The molecule has 5 heteroatoms. The summed E-state index contributed by atoms with van der Waals surface area (Å²) in [4.78, 5) is 6.73. The van der Waals surface area contributed by atoms with E-state index in [1.54, 1.807) is 0 Å². The van der Waals surface area contributed by atoms with Crippen LogP contribution in [0, 0.1) is 5.92 Å². The highest BCUT2D eigenvalue weighted by atomic mass is 16.5. The number of pyridine rings is 1. The molecule has 1 unspecified atom stereocenters. The van der Waals surface area contributed by atoms with E-state index >= 15 is 0 Å². The van der Waals surface area contributed by atoms with E-state index in [-0.39, 0.29) is 0 Å². The van der Waals surface area contributed by atoms with Crippen molar-refractivity contribution in [2.24, 2.45) is 5.92 Å². The number of anilines is 2. The number of likely N-dealkylation sites (tertiary alicyclic amines) is 1. The van der Waals surface area contributed by atoms with Gasteiger partial charge in [0.2, 0.25) is 5.88 Å². The predicted octanol–water partition coefficient (Wildman–Crippen LogP) is 1.43. The Labute approximate surface area is 108 Å². The van der Waals surface area contributed by atoms with Crippen molar-refractivity contribution in [1.82, 2.24) is 9.88 Å². The number of aromatic nitrogens is 1. The Morgan fingerprint density at radius 2 is 2.39 bits per heavy atom. The second-order valence-electron chi connectivity index (χ2n) is 4.82. The molecule has 1 aliphatic rings. The van der Waals surface area contributed by atoms with Gasteiger partial charge in [-0.05, 0) is 45.0 Å². The van der Waals surface area contributed by atoms with Crippen LogP contribution in [-0.2, 0) is 0 Å². The molecule has 18 heavy (non-hydrogen) atoms. The van der Waals surface area contributed by atoms with Crippen LogP contribution in [0.4, 0.5) is 11.5 Å². The van der Waals surface area contributed by atoms with Crippen LogP contribution in [0.3, 0.4) is 0 Å². The zero-order valence-corrected chi connectivity index (χ0v) is 11.1. The first kappa shape index (κ1) is 13.0. The van der Waals surface area contributed by atoms with E-state index in [0.29, 0.717) is 24.1 Å². The molecule has 0 saturated carbocycles. The van der Waals surface area contributed by atoms with Crippen molar-refractivity contribution in [3.05, 3.63) is 12.1 Å². The number of hydrogen-bond donors (Lipinski definition) is 2. The topological polar surface area (TPSA) is 63.4 Å². The van der Waals surface area contributed by atoms with Crippen LogP contribution in [0.2, 0.25) is 0 Å². The van der Waals surface area contributed by atoms with E-state index in [9.17, 15) is 0 Å². The summed E-state index contributed by atoms with van der Waals surface area (Å²) in [7, 11) is 2.16. The van der Waals surface area contributed by atoms with Crippen molar-refractivity contribution >= 4 is 11.5 Å². The molecular formula is C13H22N4O. The smallest absolute Gasteiger partial charge is 0.239 e. The minimum Gasteiger partial charge on any atom is -0.476 e. The van der Waals surface area contributed by atoms with Crippen molar-refractivity contribution in [2.45, 2.75) is 13.3 Å². The maximum Gasteiger partial charge on any atom is 0.239 e. The zero-order chi connectivity index (χ0) is 13.0. The van der Waals surface area contributed by atoms with Crippen LogP contribution in [0.1, 0.15) is 13.3 Å². The minimum atomic E-state index is 0.519. The van der Waals surface area contributed by atoms with Gasteiger partial charge in [-0.25, -0.2) is 0 Å². The number of hydrogen-bond acceptors (Lipinski definition) is 5. The summed E-state index contributed by atoms with van der Waals surface area (Å²) in [5, 5.41) is 3.36. The van der Waals surface area contributed by atoms with Crippen LogP contribution < -0.4 is 15.8 Å². The Morgan fingerprint density at radius 3 is 3.06 bits per heavy atom. The zero-order valence-electron chi connectivity index (χ0n) is 11.1. The van der Waals surface area contributed by atoms with Gasteiger partial charge in [-0.1, -0.05) is 0 Å². The first-order chi connectivity index (χ1) is 8.69. The van der Waals surface area contributed by atoms with Gasteiger partial charge in [0.1, 0.15) is 5.82 Å². The van der Waals surface area contributed by atoms with Gasteiger partial charge in [0.25, 0.3) is 0 Å². The van der Waals surface area contributed by atoms with E-state index in [2.05, 4.69) is 22.2 Å². The third kappa shape index (κ3) is 3.26. The van der Waals surface area contributed by atoms with Gasteiger partial charge < -0.3 is 20.7 Å². The van der Waals surface area contributed by atoms with Crippen LogP contribution in [0.5, 0.6) is 5.88 Å². The summed E-state index contributed by atoms with van der Waals surface area (Å²) in [5.74, 6) is 2.05. The standard InChI is InChI=1S/C13H22N4O/c1-3-18-13-11(14)4-5-12(16-13)15-8-10-6-7-17(2)9-10/h4-5,10H,3,6-9,14H2,1-2H3,(H,15,16). The van der Waals surface area contributed by atoms with Crippen molar-refractivity contribution in [2.75, 3.05) is 44.3 Å². The molecule has 1 saturated heterocycles. The molecule has 1 aromatic heterocycles. The lowest BCUT2D eigenvalue weighted by Crippen LogP contribution is -2.19. The molecule has 5 nitrogen and oxygen atoms in total. The lowest BCUT2D eigenvalue weighted by atomic mass is 10.1. The number of nitrogens with one attached hydrogen (secondary N) is 1. The van der Waals surface area contributed by atoms with Crippen LogP contribution in [-0.4, -0.2) is 43.2 Å². The molecule has 0 radical (unpaired) electrons. The molecule has 100 valence electrons. The molecule has 1 atom stereocenters. The molecule has 0 amide bonds. The monoisotopic (exact) mass is 250 g/mol. The Morgan fingerprint density at radius 1 is 1.56 bits per heavy atom. The van der Waals surface area contributed by atoms with Crippen molar-refractivity contribution in [3.8, 4) is 5.88 Å². The summed E-state index contributed by atoms with van der Waals surface area (Å²) in [6.07, 6.45) is 1.25. The first-order valence-corrected chi connectivity index (χ1v) is 6.50. The molecule has 0 aromatic carbocycles. The molecule has 2 rings (SSSR count). The number of nitrogen functional groups attached to an aromatic ring is 1. The maximum absolute atomic E-state index is 5.79. The van der Waals surface area contributed by atoms with Crippen molar-refractivity contribution in [3.63, 3.8) is 0 Å². The molecule has 3 N–H and O–H groups in total. The Balaban J connectivity index is 1.91. The third-order valence-corrected chi connectivity index (χ3v) is 3.23. The Bertz CT molecular complexity index is 397. The van der Waals surface area contributed by atoms with Gasteiger partial charge in [-0.2, -0.15) is 4.98 Å². The SMILES string of the molecule is CCOc1nc(NCC2CCN(C)C2)ccc1N. The molecule has 0 aliphatic carbocycles. The van der Waals surface area contributed by atoms with Crippen LogP contribution in [0.25, 0.3) is 0 Å². The fourth-order valence-corrected chi connectivity index (χ4v) is 2.24. The lowest BCUT2D eigenvalue weighted by molar-refractivity contribution is 0.329. The van der Waals surface area contributed by atoms with Crippen molar-refractivity contribution < 1.29 is 4.74 Å². The van der Waals surface area contributed by atoms with E-state index < -0.39 is 0 Å². The fraction of sp³-hybridized carbons (Fsp3) is 0.615. The quantitative estimate of drug-likeness (QED) is 0.827. The average molecular weight is 250 g/mol. The highest BCUT2D eigenvalue weighted by Crippen LogP contribution is 2.21. The highest BCUT2D eigenvalue weighted by Gasteiger charge is 2.19. The molecule has 0 bridgehead atoms. The van der Waals surface area contributed by atoms with Gasteiger partial charge in [0, 0.05) is 13.1 Å². The second-order valence-corrected chi connectivity index (χ2v) is 4.82. The molecule has 1 aliphatic heterocycles. The van der Waals surface area contributed by atoms with Gasteiger partial charge in [-0.3, -0.25) is 0 Å².